The monoisotopic (exact) mass is 236 g/mol. The van der Waals surface area contributed by atoms with Gasteiger partial charge in [0.15, 0.2) is 0 Å². The number of aryl methyl sites for hydroxylation is 2. The molecule has 0 spiro atoms. The van der Waals surface area contributed by atoms with E-state index in [1.165, 1.54) is 41.5 Å². The van der Waals surface area contributed by atoms with E-state index in [4.69, 9.17) is 0 Å². The molecule has 1 aliphatic rings. The topological polar surface area (TPSA) is 0 Å². The maximum absolute atomic E-state index is 2.41. The Bertz CT molecular complexity index is 568. The van der Waals surface area contributed by atoms with Gasteiger partial charge >= 0.3 is 0 Å². The predicted octanol–water partition coefficient (Wildman–Crippen LogP) is 4.64. The fourth-order valence-corrected chi connectivity index (χ4v) is 3.52. The largest absolute Gasteiger partial charge is 0.0620 e. The van der Waals surface area contributed by atoms with Crippen LogP contribution in [0.25, 0.3) is 0 Å². The third-order valence-electron chi connectivity index (χ3n) is 4.47. The molecule has 0 aromatic heterocycles. The summed E-state index contributed by atoms with van der Waals surface area (Å²) in [5.74, 6) is 0. The van der Waals surface area contributed by atoms with Gasteiger partial charge < -0.3 is 0 Å². The Morgan fingerprint density at radius 3 is 2.33 bits per heavy atom. The van der Waals surface area contributed by atoms with Crippen LogP contribution in [0.2, 0.25) is 0 Å². The van der Waals surface area contributed by atoms with Crippen LogP contribution in [0, 0.1) is 6.92 Å². The lowest BCUT2D eigenvalue weighted by molar-refractivity contribution is 0.463. The summed E-state index contributed by atoms with van der Waals surface area (Å²) in [5.41, 5.74) is 6.18. The number of benzene rings is 2. The molecule has 0 saturated heterocycles. The highest BCUT2D eigenvalue weighted by atomic mass is 14.4. The van der Waals surface area contributed by atoms with Crippen LogP contribution >= 0.6 is 0 Å². The third kappa shape index (κ3) is 1.68. The molecule has 0 bridgehead atoms. The Hall–Kier alpha value is -1.56. The van der Waals surface area contributed by atoms with Gasteiger partial charge in [0.05, 0.1) is 0 Å². The molecule has 2 aromatic carbocycles. The number of fused-ring (bicyclic) bond motifs is 1. The molecule has 0 nitrogen and oxygen atoms in total. The molecule has 0 saturated carbocycles. The maximum atomic E-state index is 2.41. The van der Waals surface area contributed by atoms with Gasteiger partial charge in [-0.15, -0.1) is 0 Å². The molecule has 0 heterocycles. The minimum atomic E-state index is 0.195. The van der Waals surface area contributed by atoms with Crippen LogP contribution in [0.3, 0.4) is 0 Å². The Morgan fingerprint density at radius 1 is 0.889 bits per heavy atom. The smallest absolute Gasteiger partial charge is 0.0180 e. The average molecular weight is 236 g/mol. The van der Waals surface area contributed by atoms with Gasteiger partial charge in [0.25, 0.3) is 0 Å². The van der Waals surface area contributed by atoms with Gasteiger partial charge in [-0.1, -0.05) is 55.5 Å². The first kappa shape index (κ1) is 11.5. The average Bonchev–Trinajstić information content (AvgIpc) is 2.40. The molecule has 0 aliphatic heterocycles. The summed E-state index contributed by atoms with van der Waals surface area (Å²) in [6.45, 7) is 4.64. The molecule has 0 amide bonds. The van der Waals surface area contributed by atoms with Crippen LogP contribution < -0.4 is 0 Å². The van der Waals surface area contributed by atoms with Crippen LogP contribution in [-0.4, -0.2) is 0 Å². The molecule has 0 N–H and O–H groups in total. The van der Waals surface area contributed by atoms with Crippen molar-refractivity contribution in [3.05, 3.63) is 70.8 Å². The van der Waals surface area contributed by atoms with E-state index in [0.29, 0.717) is 0 Å². The van der Waals surface area contributed by atoms with Crippen molar-refractivity contribution in [1.82, 2.24) is 0 Å². The first-order chi connectivity index (χ1) is 8.72. The van der Waals surface area contributed by atoms with Crippen LogP contribution in [-0.2, 0) is 11.8 Å². The van der Waals surface area contributed by atoms with Crippen molar-refractivity contribution in [3.63, 3.8) is 0 Å². The van der Waals surface area contributed by atoms with E-state index in [1.54, 1.807) is 0 Å². The van der Waals surface area contributed by atoms with Gasteiger partial charge in [-0.2, -0.15) is 0 Å². The second-order valence-electron chi connectivity index (χ2n) is 5.66. The molecule has 1 unspecified atom stereocenters. The van der Waals surface area contributed by atoms with Crippen molar-refractivity contribution in [2.75, 3.05) is 0 Å². The van der Waals surface area contributed by atoms with E-state index < -0.39 is 0 Å². The molecule has 0 radical (unpaired) electrons. The summed E-state index contributed by atoms with van der Waals surface area (Å²) in [7, 11) is 0. The summed E-state index contributed by atoms with van der Waals surface area (Å²) in [5, 5.41) is 0. The van der Waals surface area contributed by atoms with Crippen LogP contribution in [0.5, 0.6) is 0 Å². The second kappa shape index (κ2) is 4.28. The molecule has 1 atom stereocenters. The van der Waals surface area contributed by atoms with E-state index in [9.17, 15) is 0 Å². The first-order valence-electron chi connectivity index (χ1n) is 6.86. The van der Waals surface area contributed by atoms with Crippen molar-refractivity contribution in [2.24, 2.45) is 0 Å². The van der Waals surface area contributed by atoms with Gasteiger partial charge in [-0.3, -0.25) is 0 Å². The van der Waals surface area contributed by atoms with E-state index in [1.807, 2.05) is 0 Å². The lowest BCUT2D eigenvalue weighted by Crippen LogP contribution is -2.29. The van der Waals surface area contributed by atoms with Crippen molar-refractivity contribution in [3.8, 4) is 0 Å². The number of rotatable bonds is 1. The zero-order valence-electron chi connectivity index (χ0n) is 11.2. The minimum absolute atomic E-state index is 0.195. The molecule has 18 heavy (non-hydrogen) atoms. The molecular formula is C18H20. The standard InChI is InChI=1S/C18H20/c1-14-8-3-5-11-16(14)18(2)13-7-10-15-9-4-6-12-17(15)18/h3-6,8-9,11-12H,7,10,13H2,1-2H3. The van der Waals surface area contributed by atoms with Crippen molar-refractivity contribution in [1.29, 1.82) is 0 Å². The highest BCUT2D eigenvalue weighted by Crippen LogP contribution is 2.43. The van der Waals surface area contributed by atoms with E-state index in [2.05, 4.69) is 62.4 Å². The summed E-state index contributed by atoms with van der Waals surface area (Å²) in [4.78, 5) is 0. The maximum Gasteiger partial charge on any atom is 0.0180 e. The lowest BCUT2D eigenvalue weighted by atomic mass is 9.66. The highest BCUT2D eigenvalue weighted by Gasteiger charge is 2.34. The fourth-order valence-electron chi connectivity index (χ4n) is 3.52. The zero-order valence-corrected chi connectivity index (χ0v) is 11.2. The molecule has 3 rings (SSSR count). The van der Waals surface area contributed by atoms with Gasteiger partial charge in [0, 0.05) is 5.41 Å². The molecule has 2 aromatic rings. The van der Waals surface area contributed by atoms with Crippen LogP contribution in [0.4, 0.5) is 0 Å². The summed E-state index contributed by atoms with van der Waals surface area (Å²) in [6.07, 6.45) is 3.79. The Balaban J connectivity index is 2.20. The van der Waals surface area contributed by atoms with Gasteiger partial charge in [0.2, 0.25) is 0 Å². The van der Waals surface area contributed by atoms with Gasteiger partial charge in [-0.05, 0) is 48.4 Å². The number of hydrogen-bond acceptors (Lipinski definition) is 0. The van der Waals surface area contributed by atoms with E-state index in [-0.39, 0.29) is 5.41 Å². The highest BCUT2D eigenvalue weighted by molar-refractivity contribution is 5.47. The zero-order chi connectivity index (χ0) is 12.6. The lowest BCUT2D eigenvalue weighted by Gasteiger charge is -2.37. The molecule has 0 fully saturated rings. The normalized spacial score (nSPS) is 22.6. The summed E-state index contributed by atoms with van der Waals surface area (Å²) in [6, 6.07) is 17.8. The summed E-state index contributed by atoms with van der Waals surface area (Å²) < 4.78 is 0. The minimum Gasteiger partial charge on any atom is -0.0620 e. The van der Waals surface area contributed by atoms with E-state index >= 15 is 0 Å². The fraction of sp³-hybridized carbons (Fsp3) is 0.333. The molecular weight excluding hydrogens is 216 g/mol. The van der Waals surface area contributed by atoms with Crippen molar-refractivity contribution >= 4 is 0 Å². The van der Waals surface area contributed by atoms with E-state index in [0.717, 1.165) is 0 Å². The van der Waals surface area contributed by atoms with Crippen LogP contribution in [0.1, 0.15) is 42.0 Å². The quantitative estimate of drug-likeness (QED) is 0.676. The second-order valence-corrected chi connectivity index (χ2v) is 5.66. The summed E-state index contributed by atoms with van der Waals surface area (Å²) >= 11 is 0. The van der Waals surface area contributed by atoms with Crippen LogP contribution in [0.15, 0.2) is 48.5 Å². The number of hydrogen-bond donors (Lipinski definition) is 0. The Kier molecular flexibility index (Phi) is 2.74. The SMILES string of the molecule is Cc1ccccc1C1(C)CCCc2ccccc21. The molecule has 92 valence electrons. The molecule has 0 heteroatoms. The van der Waals surface area contributed by atoms with Gasteiger partial charge in [0.1, 0.15) is 0 Å². The third-order valence-corrected chi connectivity index (χ3v) is 4.47. The van der Waals surface area contributed by atoms with Crippen molar-refractivity contribution < 1.29 is 0 Å². The Labute approximate surface area is 110 Å². The molecule has 1 aliphatic carbocycles. The first-order valence-corrected chi connectivity index (χ1v) is 6.86. The predicted molar refractivity (Wildman–Crippen MR) is 77.0 cm³/mol. The van der Waals surface area contributed by atoms with Gasteiger partial charge in [-0.25, -0.2) is 0 Å². The Morgan fingerprint density at radius 2 is 1.56 bits per heavy atom. The van der Waals surface area contributed by atoms with Crippen molar-refractivity contribution in [2.45, 2.75) is 38.5 Å².